The monoisotopic (exact) mass is 249 g/mol. The molecule has 0 aromatic carbocycles. The molecule has 1 fully saturated rings. The first-order valence-electron chi connectivity index (χ1n) is 6.58. The molecular weight excluding hydrogens is 226 g/mol. The second-order valence-electron chi connectivity index (χ2n) is 5.62. The Hall–Kier alpha value is -1.20. The van der Waals surface area contributed by atoms with Crippen LogP contribution in [0.1, 0.15) is 20.3 Å². The molecule has 0 unspecified atom stereocenters. The number of anilines is 1. The van der Waals surface area contributed by atoms with E-state index in [0.29, 0.717) is 0 Å². The first-order chi connectivity index (χ1) is 8.54. The van der Waals surface area contributed by atoms with Gasteiger partial charge in [-0.15, -0.1) is 0 Å². The van der Waals surface area contributed by atoms with Crippen molar-refractivity contribution in [2.45, 2.75) is 25.8 Å². The van der Waals surface area contributed by atoms with Crippen molar-refractivity contribution in [1.29, 1.82) is 0 Å². The number of aromatic nitrogens is 2. The van der Waals surface area contributed by atoms with Gasteiger partial charge in [0.05, 0.1) is 0 Å². The third-order valence-electron chi connectivity index (χ3n) is 3.28. The van der Waals surface area contributed by atoms with E-state index in [1.165, 1.54) is 0 Å². The standard InChI is InChI=1S/C13H23N5/c1-13(2,14)4-7-17-8-10-18(11-9-17)12-15-5-3-6-16-12/h3,5-6H,4,7-11,14H2,1-2H3. The quantitative estimate of drug-likeness (QED) is 0.852. The minimum absolute atomic E-state index is 0.0698. The molecule has 1 aromatic heterocycles. The average Bonchev–Trinajstić information content (AvgIpc) is 2.37. The summed E-state index contributed by atoms with van der Waals surface area (Å²) in [5.41, 5.74) is 5.94. The van der Waals surface area contributed by atoms with Gasteiger partial charge in [0.15, 0.2) is 0 Å². The second kappa shape index (κ2) is 5.63. The molecule has 18 heavy (non-hydrogen) atoms. The van der Waals surface area contributed by atoms with Crippen LogP contribution in [0.25, 0.3) is 0 Å². The lowest BCUT2D eigenvalue weighted by molar-refractivity contribution is 0.235. The predicted molar refractivity (Wildman–Crippen MR) is 73.6 cm³/mol. The van der Waals surface area contributed by atoms with Crippen LogP contribution < -0.4 is 10.6 Å². The van der Waals surface area contributed by atoms with Crippen molar-refractivity contribution in [2.24, 2.45) is 5.73 Å². The zero-order valence-electron chi connectivity index (χ0n) is 11.3. The number of nitrogens with zero attached hydrogens (tertiary/aromatic N) is 4. The molecule has 0 saturated carbocycles. The number of hydrogen-bond acceptors (Lipinski definition) is 5. The maximum absolute atomic E-state index is 6.01. The number of piperazine rings is 1. The van der Waals surface area contributed by atoms with Gasteiger partial charge in [0.25, 0.3) is 0 Å². The van der Waals surface area contributed by atoms with E-state index in [2.05, 4.69) is 33.6 Å². The highest BCUT2D eigenvalue weighted by Gasteiger charge is 2.20. The van der Waals surface area contributed by atoms with Crippen molar-refractivity contribution >= 4 is 5.95 Å². The largest absolute Gasteiger partial charge is 0.338 e. The molecule has 0 aliphatic carbocycles. The average molecular weight is 249 g/mol. The van der Waals surface area contributed by atoms with Crippen molar-refractivity contribution in [1.82, 2.24) is 14.9 Å². The molecule has 5 heteroatoms. The molecule has 2 rings (SSSR count). The zero-order valence-corrected chi connectivity index (χ0v) is 11.3. The van der Waals surface area contributed by atoms with E-state index in [-0.39, 0.29) is 5.54 Å². The van der Waals surface area contributed by atoms with E-state index in [1.54, 1.807) is 12.4 Å². The van der Waals surface area contributed by atoms with E-state index in [0.717, 1.165) is 45.1 Å². The van der Waals surface area contributed by atoms with Crippen LogP contribution in [0.5, 0.6) is 0 Å². The number of rotatable bonds is 4. The molecule has 2 heterocycles. The Morgan fingerprint density at radius 2 is 1.78 bits per heavy atom. The minimum Gasteiger partial charge on any atom is -0.338 e. The molecule has 1 aliphatic heterocycles. The van der Waals surface area contributed by atoms with Crippen LogP contribution in [0.2, 0.25) is 0 Å². The summed E-state index contributed by atoms with van der Waals surface area (Å²) < 4.78 is 0. The minimum atomic E-state index is -0.0698. The summed E-state index contributed by atoms with van der Waals surface area (Å²) in [6.07, 6.45) is 4.63. The fourth-order valence-corrected chi connectivity index (χ4v) is 2.07. The highest BCUT2D eigenvalue weighted by molar-refractivity contribution is 5.29. The van der Waals surface area contributed by atoms with E-state index in [4.69, 9.17) is 5.73 Å². The fourth-order valence-electron chi connectivity index (χ4n) is 2.07. The third-order valence-corrected chi connectivity index (χ3v) is 3.28. The lowest BCUT2D eigenvalue weighted by atomic mass is 10.0. The Bertz CT molecular complexity index is 351. The number of nitrogens with two attached hydrogens (primary N) is 1. The smallest absolute Gasteiger partial charge is 0.225 e. The molecule has 0 bridgehead atoms. The maximum atomic E-state index is 6.01. The van der Waals surface area contributed by atoms with Crippen LogP contribution in [-0.4, -0.2) is 53.1 Å². The summed E-state index contributed by atoms with van der Waals surface area (Å²) in [5.74, 6) is 0.844. The summed E-state index contributed by atoms with van der Waals surface area (Å²) in [7, 11) is 0. The first kappa shape index (κ1) is 13.2. The van der Waals surface area contributed by atoms with Crippen LogP contribution in [-0.2, 0) is 0 Å². The zero-order chi connectivity index (χ0) is 13.0. The van der Waals surface area contributed by atoms with Gasteiger partial charge >= 0.3 is 0 Å². The van der Waals surface area contributed by atoms with Gasteiger partial charge in [-0.2, -0.15) is 0 Å². The van der Waals surface area contributed by atoms with E-state index < -0.39 is 0 Å². The van der Waals surface area contributed by atoms with Crippen molar-refractivity contribution < 1.29 is 0 Å². The van der Waals surface area contributed by atoms with Crippen LogP contribution >= 0.6 is 0 Å². The summed E-state index contributed by atoms with van der Waals surface area (Å²) in [6, 6.07) is 1.85. The lowest BCUT2D eigenvalue weighted by Crippen LogP contribution is -2.48. The van der Waals surface area contributed by atoms with Gasteiger partial charge in [0.2, 0.25) is 5.95 Å². The molecule has 1 saturated heterocycles. The molecule has 2 N–H and O–H groups in total. The highest BCUT2D eigenvalue weighted by Crippen LogP contribution is 2.11. The maximum Gasteiger partial charge on any atom is 0.225 e. The Morgan fingerprint density at radius 1 is 1.17 bits per heavy atom. The van der Waals surface area contributed by atoms with Gasteiger partial charge in [0.1, 0.15) is 0 Å². The summed E-state index contributed by atoms with van der Waals surface area (Å²) >= 11 is 0. The van der Waals surface area contributed by atoms with E-state index in [9.17, 15) is 0 Å². The molecule has 0 radical (unpaired) electrons. The lowest BCUT2D eigenvalue weighted by Gasteiger charge is -2.35. The van der Waals surface area contributed by atoms with E-state index >= 15 is 0 Å². The Kier molecular flexibility index (Phi) is 4.14. The van der Waals surface area contributed by atoms with Crippen molar-refractivity contribution in [3.8, 4) is 0 Å². The van der Waals surface area contributed by atoms with Crippen LogP contribution in [0.15, 0.2) is 18.5 Å². The van der Waals surface area contributed by atoms with E-state index in [1.807, 2.05) is 6.07 Å². The van der Waals surface area contributed by atoms with Crippen LogP contribution in [0.4, 0.5) is 5.95 Å². The summed E-state index contributed by atoms with van der Waals surface area (Å²) in [6.45, 7) is 9.36. The number of hydrogen-bond donors (Lipinski definition) is 1. The van der Waals surface area contributed by atoms with Gasteiger partial charge in [-0.3, -0.25) is 4.90 Å². The van der Waals surface area contributed by atoms with Gasteiger partial charge < -0.3 is 10.6 Å². The van der Waals surface area contributed by atoms with Gasteiger partial charge in [-0.25, -0.2) is 9.97 Å². The van der Waals surface area contributed by atoms with Gasteiger partial charge in [-0.1, -0.05) is 0 Å². The summed E-state index contributed by atoms with van der Waals surface area (Å²) in [4.78, 5) is 13.3. The van der Waals surface area contributed by atoms with Crippen molar-refractivity contribution in [2.75, 3.05) is 37.6 Å². The molecule has 0 spiro atoms. The second-order valence-corrected chi connectivity index (χ2v) is 5.62. The molecular formula is C13H23N5. The van der Waals surface area contributed by atoms with Crippen LogP contribution in [0, 0.1) is 0 Å². The predicted octanol–water partition coefficient (Wildman–Crippen LogP) is 0.726. The Morgan fingerprint density at radius 3 is 2.33 bits per heavy atom. The Labute approximate surface area is 109 Å². The molecule has 1 aromatic rings. The molecule has 100 valence electrons. The van der Waals surface area contributed by atoms with Gasteiger partial charge in [0, 0.05) is 50.7 Å². The first-order valence-corrected chi connectivity index (χ1v) is 6.58. The Balaban J connectivity index is 1.78. The topological polar surface area (TPSA) is 58.3 Å². The van der Waals surface area contributed by atoms with Crippen molar-refractivity contribution in [3.05, 3.63) is 18.5 Å². The SMILES string of the molecule is CC(C)(N)CCN1CCN(c2ncccn2)CC1. The highest BCUT2D eigenvalue weighted by atomic mass is 15.3. The fraction of sp³-hybridized carbons (Fsp3) is 0.692. The summed E-state index contributed by atoms with van der Waals surface area (Å²) in [5, 5.41) is 0. The molecule has 1 aliphatic rings. The van der Waals surface area contributed by atoms with Gasteiger partial charge in [-0.05, 0) is 26.3 Å². The third kappa shape index (κ3) is 3.92. The molecule has 0 amide bonds. The molecule has 5 nitrogen and oxygen atoms in total. The van der Waals surface area contributed by atoms with Crippen molar-refractivity contribution in [3.63, 3.8) is 0 Å². The van der Waals surface area contributed by atoms with Crippen LogP contribution in [0.3, 0.4) is 0 Å². The normalized spacial score (nSPS) is 18.1. The molecule has 0 atom stereocenters.